The number of carbonyl (C=O) groups excluding carboxylic acids is 1. The van der Waals surface area contributed by atoms with Crippen LogP contribution >= 0.6 is 24.0 Å². The molecule has 0 N–H and O–H groups in total. The third kappa shape index (κ3) is 3.74. The van der Waals surface area contributed by atoms with Crippen molar-refractivity contribution in [2.75, 3.05) is 6.54 Å². The van der Waals surface area contributed by atoms with Gasteiger partial charge in [0.1, 0.15) is 10.1 Å². The van der Waals surface area contributed by atoms with Crippen LogP contribution in [-0.2, 0) is 4.79 Å². The van der Waals surface area contributed by atoms with E-state index in [9.17, 15) is 4.79 Å². The lowest BCUT2D eigenvalue weighted by atomic mass is 10.2. The summed E-state index contributed by atoms with van der Waals surface area (Å²) in [7, 11) is 0. The minimum Gasteiger partial charge on any atom is -0.490 e. The van der Waals surface area contributed by atoms with Crippen molar-refractivity contribution in [3.05, 3.63) is 47.4 Å². The van der Waals surface area contributed by atoms with Crippen LogP contribution in [-0.4, -0.2) is 27.8 Å². The number of thiocarbonyl (C=S) groups is 1. The van der Waals surface area contributed by atoms with Crippen LogP contribution in [0.15, 0.2) is 41.8 Å². The molecule has 3 nitrogen and oxygen atoms in total. The molecule has 1 fully saturated rings. The maximum Gasteiger partial charge on any atom is 0.266 e. The highest BCUT2D eigenvalue weighted by molar-refractivity contribution is 8.26. The molecule has 1 saturated heterocycles. The van der Waals surface area contributed by atoms with Crippen molar-refractivity contribution in [3.8, 4) is 5.75 Å². The number of hydrogen-bond acceptors (Lipinski definition) is 4. The van der Waals surface area contributed by atoms with Gasteiger partial charge in [-0.25, -0.2) is 0 Å². The molecule has 1 amide bonds. The van der Waals surface area contributed by atoms with Crippen LogP contribution in [0.5, 0.6) is 5.75 Å². The molecule has 110 valence electrons. The lowest BCUT2D eigenvalue weighted by Crippen LogP contribution is -2.27. The first-order valence-electron chi connectivity index (χ1n) is 6.65. The molecular weight excluding hydrogens is 302 g/mol. The van der Waals surface area contributed by atoms with E-state index < -0.39 is 0 Å². The Labute approximate surface area is 134 Å². The van der Waals surface area contributed by atoms with Crippen LogP contribution < -0.4 is 4.74 Å². The van der Waals surface area contributed by atoms with Gasteiger partial charge in [-0.15, -0.1) is 6.58 Å². The summed E-state index contributed by atoms with van der Waals surface area (Å²) in [5.41, 5.74) is 0.880. The Kier molecular flexibility index (Phi) is 5.20. The zero-order valence-corrected chi connectivity index (χ0v) is 13.7. The number of para-hydroxylation sites is 1. The third-order valence-corrected chi connectivity index (χ3v) is 4.13. The normalized spacial score (nSPS) is 16.9. The molecular formula is C16H17NO2S2. The minimum absolute atomic E-state index is 0.0785. The number of hydrogen-bond donors (Lipinski definition) is 0. The number of amides is 1. The van der Waals surface area contributed by atoms with Crippen molar-refractivity contribution in [1.82, 2.24) is 4.90 Å². The molecule has 0 aliphatic carbocycles. The summed E-state index contributed by atoms with van der Waals surface area (Å²) in [5, 5.41) is 0. The van der Waals surface area contributed by atoms with E-state index >= 15 is 0 Å². The van der Waals surface area contributed by atoms with Crippen LogP contribution in [0.2, 0.25) is 0 Å². The Hall–Kier alpha value is -1.59. The fourth-order valence-corrected chi connectivity index (χ4v) is 3.15. The van der Waals surface area contributed by atoms with Crippen molar-refractivity contribution in [2.24, 2.45) is 0 Å². The number of carbonyl (C=O) groups is 1. The predicted octanol–water partition coefficient (Wildman–Crippen LogP) is 3.86. The van der Waals surface area contributed by atoms with Gasteiger partial charge in [-0.05, 0) is 26.0 Å². The van der Waals surface area contributed by atoms with Crippen LogP contribution in [0.3, 0.4) is 0 Å². The molecule has 1 aromatic carbocycles. The molecule has 0 saturated carbocycles. The van der Waals surface area contributed by atoms with E-state index in [4.69, 9.17) is 17.0 Å². The van der Waals surface area contributed by atoms with Crippen molar-refractivity contribution < 1.29 is 9.53 Å². The fraction of sp³-hybridized carbons (Fsp3) is 0.250. The lowest BCUT2D eigenvalue weighted by Gasteiger charge is -2.12. The average Bonchev–Trinajstić information content (AvgIpc) is 2.69. The first kappa shape index (κ1) is 15.8. The molecule has 0 atom stereocenters. The van der Waals surface area contributed by atoms with Crippen molar-refractivity contribution >= 4 is 40.3 Å². The molecule has 0 radical (unpaired) electrons. The second kappa shape index (κ2) is 6.91. The highest BCUT2D eigenvalue weighted by atomic mass is 32.2. The van der Waals surface area contributed by atoms with Gasteiger partial charge < -0.3 is 4.74 Å². The summed E-state index contributed by atoms with van der Waals surface area (Å²) in [6.07, 6.45) is 3.58. The van der Waals surface area contributed by atoms with E-state index in [1.165, 1.54) is 11.8 Å². The zero-order chi connectivity index (χ0) is 15.4. The molecule has 1 aromatic rings. The van der Waals surface area contributed by atoms with Gasteiger partial charge in [0.25, 0.3) is 5.91 Å². The SMILES string of the molecule is C=CCN1C(=O)/C(=C\c2ccccc2OC(C)C)SC1=S. The molecule has 1 aliphatic rings. The molecule has 0 bridgehead atoms. The van der Waals surface area contributed by atoms with Gasteiger partial charge in [0.2, 0.25) is 0 Å². The summed E-state index contributed by atoms with van der Waals surface area (Å²) in [6, 6.07) is 7.66. The summed E-state index contributed by atoms with van der Waals surface area (Å²) in [6.45, 7) is 8.03. The Morgan fingerprint density at radius 3 is 2.81 bits per heavy atom. The maximum absolute atomic E-state index is 12.3. The van der Waals surface area contributed by atoms with Gasteiger partial charge >= 0.3 is 0 Å². The van der Waals surface area contributed by atoms with E-state index in [1.54, 1.807) is 11.0 Å². The standard InChI is InChI=1S/C16H17NO2S2/c1-4-9-17-15(18)14(21-16(17)20)10-12-7-5-6-8-13(12)19-11(2)3/h4-8,10-11H,1,9H2,2-3H3/b14-10+. The van der Waals surface area contributed by atoms with E-state index in [0.717, 1.165) is 11.3 Å². The number of benzene rings is 1. The number of ether oxygens (including phenoxy) is 1. The van der Waals surface area contributed by atoms with Crippen LogP contribution in [0.1, 0.15) is 19.4 Å². The van der Waals surface area contributed by atoms with Crippen LogP contribution in [0, 0.1) is 0 Å². The van der Waals surface area contributed by atoms with Gasteiger partial charge in [0.05, 0.1) is 11.0 Å². The lowest BCUT2D eigenvalue weighted by molar-refractivity contribution is -0.121. The number of thioether (sulfide) groups is 1. The van der Waals surface area contributed by atoms with Crippen molar-refractivity contribution in [2.45, 2.75) is 20.0 Å². The van der Waals surface area contributed by atoms with E-state index in [2.05, 4.69) is 6.58 Å². The Morgan fingerprint density at radius 2 is 2.14 bits per heavy atom. The molecule has 0 aromatic heterocycles. The Bertz CT molecular complexity index is 608. The summed E-state index contributed by atoms with van der Waals surface area (Å²) >= 11 is 6.54. The first-order valence-corrected chi connectivity index (χ1v) is 7.87. The molecule has 2 rings (SSSR count). The smallest absolute Gasteiger partial charge is 0.266 e. The van der Waals surface area contributed by atoms with Crippen molar-refractivity contribution in [1.29, 1.82) is 0 Å². The Balaban J connectivity index is 2.30. The third-order valence-electron chi connectivity index (χ3n) is 2.75. The molecule has 1 aliphatic heterocycles. The predicted molar refractivity (Wildman–Crippen MR) is 92.3 cm³/mol. The van der Waals surface area contributed by atoms with Crippen LogP contribution in [0.4, 0.5) is 0 Å². The summed E-state index contributed by atoms with van der Waals surface area (Å²) in [4.78, 5) is 14.5. The van der Waals surface area contributed by atoms with Gasteiger partial charge in [0.15, 0.2) is 0 Å². The zero-order valence-electron chi connectivity index (χ0n) is 12.0. The monoisotopic (exact) mass is 319 g/mol. The van der Waals surface area contributed by atoms with Gasteiger partial charge in [-0.3, -0.25) is 9.69 Å². The van der Waals surface area contributed by atoms with Crippen molar-refractivity contribution in [3.63, 3.8) is 0 Å². The van der Waals surface area contributed by atoms with Gasteiger partial charge in [-0.1, -0.05) is 48.3 Å². The number of rotatable bonds is 5. The van der Waals surface area contributed by atoms with E-state index in [0.29, 0.717) is 15.8 Å². The molecule has 0 unspecified atom stereocenters. The first-order chi connectivity index (χ1) is 10.0. The second-order valence-corrected chi connectivity index (χ2v) is 6.46. The fourth-order valence-electron chi connectivity index (χ4n) is 1.89. The minimum atomic E-state index is -0.0794. The highest BCUT2D eigenvalue weighted by Gasteiger charge is 2.31. The second-order valence-electron chi connectivity index (χ2n) is 4.79. The molecule has 5 heteroatoms. The van der Waals surface area contributed by atoms with E-state index in [1.807, 2.05) is 44.2 Å². The average molecular weight is 319 g/mol. The molecule has 0 spiro atoms. The summed E-state index contributed by atoms with van der Waals surface area (Å²) < 4.78 is 6.33. The quantitative estimate of drug-likeness (QED) is 0.468. The highest BCUT2D eigenvalue weighted by Crippen LogP contribution is 2.34. The summed E-state index contributed by atoms with van der Waals surface area (Å²) in [5.74, 6) is 0.686. The topological polar surface area (TPSA) is 29.5 Å². The van der Waals surface area contributed by atoms with Crippen LogP contribution in [0.25, 0.3) is 6.08 Å². The van der Waals surface area contributed by atoms with E-state index in [-0.39, 0.29) is 12.0 Å². The number of nitrogens with zero attached hydrogens (tertiary/aromatic N) is 1. The molecule has 21 heavy (non-hydrogen) atoms. The maximum atomic E-state index is 12.3. The molecule has 1 heterocycles. The Morgan fingerprint density at radius 1 is 1.43 bits per heavy atom. The van der Waals surface area contributed by atoms with Gasteiger partial charge in [-0.2, -0.15) is 0 Å². The largest absolute Gasteiger partial charge is 0.490 e. The van der Waals surface area contributed by atoms with Gasteiger partial charge in [0, 0.05) is 12.1 Å².